The van der Waals surface area contributed by atoms with Gasteiger partial charge in [0, 0.05) is 31.1 Å². The van der Waals surface area contributed by atoms with Crippen LogP contribution >= 0.6 is 0 Å². The van der Waals surface area contributed by atoms with Gasteiger partial charge in [-0.3, -0.25) is 9.59 Å². The van der Waals surface area contributed by atoms with E-state index in [1.54, 1.807) is 12.0 Å². The molecule has 23 heavy (non-hydrogen) atoms. The summed E-state index contributed by atoms with van der Waals surface area (Å²) < 4.78 is 9.91. The summed E-state index contributed by atoms with van der Waals surface area (Å²) >= 11 is 0. The molecule has 2 aliphatic heterocycles. The minimum Gasteiger partial charge on any atom is -0.496 e. The number of methoxy groups -OCH3 is 1. The highest BCUT2D eigenvalue weighted by Gasteiger charge is 2.38. The third kappa shape index (κ3) is 3.13. The Balaban J connectivity index is 1.50. The van der Waals surface area contributed by atoms with Gasteiger partial charge in [-0.05, 0) is 6.07 Å². The molecule has 1 aromatic carbocycles. The van der Waals surface area contributed by atoms with E-state index in [1.807, 2.05) is 24.3 Å². The Morgan fingerprint density at radius 1 is 1.30 bits per heavy atom. The van der Waals surface area contributed by atoms with Crippen LogP contribution < -0.4 is 4.74 Å². The topological polar surface area (TPSA) is 76.2 Å². The van der Waals surface area contributed by atoms with Crippen molar-refractivity contribution in [2.45, 2.75) is 6.42 Å². The summed E-state index contributed by atoms with van der Waals surface area (Å²) in [6.45, 7) is 1.23. The number of carbonyl (C=O) groups excluding carboxylic acids is 3. The van der Waals surface area contributed by atoms with E-state index in [9.17, 15) is 14.4 Å². The fourth-order valence-electron chi connectivity index (χ4n) is 2.83. The smallest absolute Gasteiger partial charge is 0.417 e. The molecule has 3 amide bonds. The highest BCUT2D eigenvalue weighted by molar-refractivity contribution is 5.97. The zero-order valence-corrected chi connectivity index (χ0v) is 12.9. The summed E-state index contributed by atoms with van der Waals surface area (Å²) in [5.74, 6) is 0.518. The Hall–Kier alpha value is -2.57. The van der Waals surface area contributed by atoms with Gasteiger partial charge in [-0.1, -0.05) is 18.2 Å². The van der Waals surface area contributed by atoms with Crippen molar-refractivity contribution in [3.05, 3.63) is 29.8 Å². The van der Waals surface area contributed by atoms with Crippen molar-refractivity contribution in [3.63, 3.8) is 0 Å². The van der Waals surface area contributed by atoms with Crippen LogP contribution in [0.25, 0.3) is 0 Å². The van der Waals surface area contributed by atoms with E-state index in [0.717, 1.165) is 10.5 Å². The SMILES string of the molecule is COc1ccccc1CC(=O)N1CC(CN2C(=O)COC2=O)C1. The van der Waals surface area contributed by atoms with Crippen LogP contribution in [0.2, 0.25) is 0 Å². The van der Waals surface area contributed by atoms with Gasteiger partial charge in [0.05, 0.1) is 13.5 Å². The van der Waals surface area contributed by atoms with Crippen LogP contribution in [-0.2, 0) is 20.7 Å². The largest absolute Gasteiger partial charge is 0.496 e. The van der Waals surface area contributed by atoms with Crippen molar-refractivity contribution in [1.29, 1.82) is 0 Å². The number of cyclic esters (lactones) is 1. The molecule has 0 spiro atoms. The summed E-state index contributed by atoms with van der Waals surface area (Å²) in [5, 5.41) is 0. The maximum atomic E-state index is 12.3. The van der Waals surface area contributed by atoms with Crippen LogP contribution in [0.1, 0.15) is 5.56 Å². The van der Waals surface area contributed by atoms with E-state index in [4.69, 9.17) is 4.74 Å². The monoisotopic (exact) mass is 318 g/mol. The average Bonchev–Trinajstić information content (AvgIpc) is 2.82. The molecule has 0 N–H and O–H groups in total. The summed E-state index contributed by atoms with van der Waals surface area (Å²) in [6.07, 6.45) is -0.310. The standard InChI is InChI=1S/C16H18N2O5/c1-22-13-5-3-2-4-12(13)6-14(19)17-7-11(8-17)9-18-15(20)10-23-16(18)21/h2-5,11H,6-10H2,1H3. The number of para-hydroxylation sites is 1. The first-order valence-electron chi connectivity index (χ1n) is 7.45. The quantitative estimate of drug-likeness (QED) is 0.798. The van der Waals surface area contributed by atoms with Gasteiger partial charge in [-0.25, -0.2) is 9.69 Å². The lowest BCUT2D eigenvalue weighted by atomic mass is 9.98. The first kappa shape index (κ1) is 15.3. The van der Waals surface area contributed by atoms with E-state index >= 15 is 0 Å². The molecule has 0 aliphatic carbocycles. The maximum absolute atomic E-state index is 12.3. The second-order valence-electron chi connectivity index (χ2n) is 5.71. The predicted octanol–water partition coefficient (Wildman–Crippen LogP) is 0.675. The third-order valence-corrected chi connectivity index (χ3v) is 4.13. The Kier molecular flexibility index (Phi) is 4.18. The van der Waals surface area contributed by atoms with Crippen molar-refractivity contribution in [2.24, 2.45) is 5.92 Å². The van der Waals surface area contributed by atoms with Gasteiger partial charge in [-0.15, -0.1) is 0 Å². The number of hydrogen-bond donors (Lipinski definition) is 0. The highest BCUT2D eigenvalue weighted by atomic mass is 16.6. The summed E-state index contributed by atoms with van der Waals surface area (Å²) in [6, 6.07) is 7.42. The normalized spacial score (nSPS) is 18.0. The number of amides is 3. The molecule has 0 radical (unpaired) electrons. The van der Waals surface area contributed by atoms with E-state index in [1.165, 1.54) is 0 Å². The maximum Gasteiger partial charge on any atom is 0.417 e. The number of nitrogens with zero attached hydrogens (tertiary/aromatic N) is 2. The fraction of sp³-hybridized carbons (Fsp3) is 0.438. The zero-order chi connectivity index (χ0) is 16.4. The third-order valence-electron chi connectivity index (χ3n) is 4.13. The van der Waals surface area contributed by atoms with Crippen molar-refractivity contribution < 1.29 is 23.9 Å². The molecule has 3 rings (SSSR count). The number of carbonyl (C=O) groups is 3. The van der Waals surface area contributed by atoms with Crippen LogP contribution in [0.4, 0.5) is 4.79 Å². The van der Waals surface area contributed by atoms with Crippen LogP contribution in [0, 0.1) is 5.92 Å². The molecular formula is C16H18N2O5. The first-order chi connectivity index (χ1) is 11.1. The van der Waals surface area contributed by atoms with Crippen molar-refractivity contribution in [1.82, 2.24) is 9.80 Å². The number of ether oxygens (including phenoxy) is 2. The summed E-state index contributed by atoms with van der Waals surface area (Å²) in [7, 11) is 1.58. The predicted molar refractivity (Wildman–Crippen MR) is 79.8 cm³/mol. The molecule has 2 saturated heterocycles. The zero-order valence-electron chi connectivity index (χ0n) is 12.9. The number of imide groups is 1. The Bertz CT molecular complexity index is 623. The number of benzene rings is 1. The van der Waals surface area contributed by atoms with Crippen LogP contribution in [0.3, 0.4) is 0 Å². The number of rotatable bonds is 5. The number of likely N-dealkylation sites (tertiary alicyclic amines) is 1. The van der Waals surface area contributed by atoms with E-state index in [2.05, 4.69) is 4.74 Å². The van der Waals surface area contributed by atoms with Crippen molar-refractivity contribution in [3.8, 4) is 5.75 Å². The van der Waals surface area contributed by atoms with Crippen molar-refractivity contribution >= 4 is 17.9 Å². The van der Waals surface area contributed by atoms with Gasteiger partial charge < -0.3 is 14.4 Å². The molecule has 1 aromatic rings. The van der Waals surface area contributed by atoms with Gasteiger partial charge in [0.25, 0.3) is 5.91 Å². The van der Waals surface area contributed by atoms with Gasteiger partial charge in [0.1, 0.15) is 5.75 Å². The molecule has 7 heteroatoms. The lowest BCUT2D eigenvalue weighted by molar-refractivity contribution is -0.137. The molecule has 0 aromatic heterocycles. The second kappa shape index (κ2) is 6.28. The molecular weight excluding hydrogens is 300 g/mol. The Labute approximate surface area is 133 Å². The van der Waals surface area contributed by atoms with E-state index in [-0.39, 0.29) is 30.8 Å². The summed E-state index contributed by atoms with van der Waals surface area (Å²) in [4.78, 5) is 38.0. The lowest BCUT2D eigenvalue weighted by Crippen LogP contribution is -2.54. The van der Waals surface area contributed by atoms with E-state index in [0.29, 0.717) is 25.4 Å². The Morgan fingerprint density at radius 3 is 2.70 bits per heavy atom. The molecule has 0 bridgehead atoms. The van der Waals surface area contributed by atoms with Crippen LogP contribution in [-0.4, -0.2) is 61.1 Å². The first-order valence-corrected chi connectivity index (χ1v) is 7.45. The molecule has 2 aliphatic rings. The molecule has 0 unspecified atom stereocenters. The van der Waals surface area contributed by atoms with Gasteiger partial charge in [-0.2, -0.15) is 0 Å². The minimum atomic E-state index is -0.589. The van der Waals surface area contributed by atoms with Gasteiger partial charge in [0.2, 0.25) is 5.91 Å². The minimum absolute atomic E-state index is 0.0149. The molecule has 7 nitrogen and oxygen atoms in total. The van der Waals surface area contributed by atoms with Gasteiger partial charge >= 0.3 is 6.09 Å². The molecule has 2 fully saturated rings. The Morgan fingerprint density at radius 2 is 2.04 bits per heavy atom. The highest BCUT2D eigenvalue weighted by Crippen LogP contribution is 2.23. The average molecular weight is 318 g/mol. The second-order valence-corrected chi connectivity index (χ2v) is 5.71. The molecule has 0 atom stereocenters. The lowest BCUT2D eigenvalue weighted by Gasteiger charge is -2.40. The van der Waals surface area contributed by atoms with Gasteiger partial charge in [0.15, 0.2) is 6.61 Å². The number of hydrogen-bond acceptors (Lipinski definition) is 5. The molecule has 122 valence electrons. The molecule has 2 heterocycles. The fourth-order valence-corrected chi connectivity index (χ4v) is 2.83. The van der Waals surface area contributed by atoms with E-state index < -0.39 is 6.09 Å². The van der Waals surface area contributed by atoms with Crippen LogP contribution in [0.15, 0.2) is 24.3 Å². The van der Waals surface area contributed by atoms with Crippen molar-refractivity contribution in [2.75, 3.05) is 33.4 Å². The summed E-state index contributed by atoms with van der Waals surface area (Å²) in [5.41, 5.74) is 0.849. The van der Waals surface area contributed by atoms with Crippen LogP contribution in [0.5, 0.6) is 5.75 Å². The molecule has 0 saturated carbocycles.